The molecule has 7 nitrogen and oxygen atoms in total. The summed E-state index contributed by atoms with van der Waals surface area (Å²) in [5.41, 5.74) is 0.00210. The number of fused-ring (bicyclic) bond motifs is 1. The zero-order valence-corrected chi connectivity index (χ0v) is 16.0. The van der Waals surface area contributed by atoms with Crippen LogP contribution in [0.2, 0.25) is 10.0 Å². The standard InChI is InChI=1S/C18H18Cl2N4O3/c19-12-7-13-16(14(20)8-12)21-10-24(18(13)27)9-15(25)22-3-5-23(6-4-22)17(26)11-1-2-11/h7-8,10-11H,1-6,9H2. The molecule has 142 valence electrons. The molecule has 1 aliphatic carbocycles. The summed E-state index contributed by atoms with van der Waals surface area (Å²) in [5.74, 6) is 0.212. The Labute approximate surface area is 165 Å². The van der Waals surface area contributed by atoms with Crippen molar-refractivity contribution >= 4 is 45.9 Å². The quantitative estimate of drug-likeness (QED) is 0.775. The summed E-state index contributed by atoms with van der Waals surface area (Å²) in [6, 6.07) is 3.02. The molecule has 2 aromatic rings. The monoisotopic (exact) mass is 408 g/mol. The fraction of sp³-hybridized carbons (Fsp3) is 0.444. The molecule has 0 N–H and O–H groups in total. The molecule has 1 saturated carbocycles. The summed E-state index contributed by atoms with van der Waals surface area (Å²) in [5, 5.41) is 0.916. The van der Waals surface area contributed by atoms with Crippen LogP contribution in [0.5, 0.6) is 0 Å². The molecule has 27 heavy (non-hydrogen) atoms. The van der Waals surface area contributed by atoms with Crippen molar-refractivity contribution in [1.82, 2.24) is 19.4 Å². The van der Waals surface area contributed by atoms with Gasteiger partial charge in [-0.2, -0.15) is 0 Å². The normalized spacial score (nSPS) is 17.4. The topological polar surface area (TPSA) is 75.5 Å². The zero-order chi connectivity index (χ0) is 19.1. The first kappa shape index (κ1) is 18.3. The third-order valence-corrected chi connectivity index (χ3v) is 5.53. The van der Waals surface area contributed by atoms with Gasteiger partial charge in [0, 0.05) is 37.1 Å². The van der Waals surface area contributed by atoms with Gasteiger partial charge < -0.3 is 9.80 Å². The van der Waals surface area contributed by atoms with E-state index >= 15 is 0 Å². The van der Waals surface area contributed by atoms with Crippen LogP contribution in [-0.4, -0.2) is 57.3 Å². The summed E-state index contributed by atoms with van der Waals surface area (Å²) in [7, 11) is 0. The molecule has 2 aliphatic rings. The van der Waals surface area contributed by atoms with Crippen LogP contribution >= 0.6 is 23.2 Å². The van der Waals surface area contributed by atoms with Gasteiger partial charge in [0.15, 0.2) is 0 Å². The van der Waals surface area contributed by atoms with Gasteiger partial charge in [0.05, 0.1) is 22.3 Å². The van der Waals surface area contributed by atoms with E-state index in [0.29, 0.717) is 41.7 Å². The lowest BCUT2D eigenvalue weighted by Crippen LogP contribution is -2.52. The molecule has 0 radical (unpaired) electrons. The van der Waals surface area contributed by atoms with Crippen molar-refractivity contribution in [3.8, 4) is 0 Å². The van der Waals surface area contributed by atoms with Crippen LogP contribution in [0.1, 0.15) is 12.8 Å². The molecular formula is C18H18Cl2N4O3. The maximum atomic E-state index is 12.7. The van der Waals surface area contributed by atoms with Crippen LogP contribution in [0, 0.1) is 5.92 Å². The van der Waals surface area contributed by atoms with E-state index in [9.17, 15) is 14.4 Å². The average Bonchev–Trinajstić information content (AvgIpc) is 3.49. The van der Waals surface area contributed by atoms with Crippen LogP contribution < -0.4 is 5.56 Å². The van der Waals surface area contributed by atoms with Gasteiger partial charge in [0.2, 0.25) is 11.8 Å². The number of hydrogen-bond acceptors (Lipinski definition) is 4. The van der Waals surface area contributed by atoms with Gasteiger partial charge in [-0.3, -0.25) is 19.0 Å². The van der Waals surface area contributed by atoms with Crippen molar-refractivity contribution in [3.63, 3.8) is 0 Å². The smallest absolute Gasteiger partial charge is 0.261 e. The van der Waals surface area contributed by atoms with Crippen LogP contribution in [0.3, 0.4) is 0 Å². The molecule has 4 rings (SSSR count). The third kappa shape index (κ3) is 3.66. The first-order chi connectivity index (χ1) is 12.9. The minimum atomic E-state index is -0.361. The maximum Gasteiger partial charge on any atom is 0.261 e. The molecule has 2 amide bonds. The number of aromatic nitrogens is 2. The lowest BCUT2D eigenvalue weighted by atomic mass is 10.2. The number of amides is 2. The van der Waals surface area contributed by atoms with E-state index in [1.165, 1.54) is 23.0 Å². The lowest BCUT2D eigenvalue weighted by Gasteiger charge is -2.35. The zero-order valence-electron chi connectivity index (χ0n) is 14.5. The number of nitrogens with zero attached hydrogens (tertiary/aromatic N) is 4. The average molecular weight is 409 g/mol. The number of carbonyl (C=O) groups is 2. The van der Waals surface area contributed by atoms with E-state index < -0.39 is 0 Å². The van der Waals surface area contributed by atoms with Crippen LogP contribution in [0.25, 0.3) is 10.9 Å². The minimum absolute atomic E-state index is 0.109. The fourth-order valence-corrected chi connectivity index (χ4v) is 3.86. The highest BCUT2D eigenvalue weighted by Gasteiger charge is 2.35. The van der Waals surface area contributed by atoms with Crippen molar-refractivity contribution in [2.24, 2.45) is 5.92 Å². The second kappa shape index (κ2) is 7.13. The van der Waals surface area contributed by atoms with E-state index in [2.05, 4.69) is 4.98 Å². The second-order valence-electron chi connectivity index (χ2n) is 6.94. The number of benzene rings is 1. The first-order valence-corrected chi connectivity index (χ1v) is 9.60. The van der Waals surface area contributed by atoms with Gasteiger partial charge in [-0.05, 0) is 25.0 Å². The highest BCUT2D eigenvalue weighted by atomic mass is 35.5. The van der Waals surface area contributed by atoms with Crippen LogP contribution in [0.4, 0.5) is 0 Å². The Morgan fingerprint density at radius 1 is 1.07 bits per heavy atom. The summed E-state index contributed by atoms with van der Waals surface area (Å²) in [4.78, 5) is 45.0. The summed E-state index contributed by atoms with van der Waals surface area (Å²) in [6.07, 6.45) is 3.28. The van der Waals surface area contributed by atoms with Crippen LogP contribution in [0.15, 0.2) is 23.3 Å². The summed E-state index contributed by atoms with van der Waals surface area (Å²) in [6.45, 7) is 1.92. The van der Waals surface area contributed by atoms with Gasteiger partial charge in [0.25, 0.3) is 5.56 Å². The number of rotatable bonds is 3. The molecular weight excluding hydrogens is 391 g/mol. The molecule has 0 bridgehead atoms. The molecule has 1 aliphatic heterocycles. The number of piperazine rings is 1. The molecule has 1 aromatic carbocycles. The predicted molar refractivity (Wildman–Crippen MR) is 102 cm³/mol. The largest absolute Gasteiger partial charge is 0.339 e. The second-order valence-corrected chi connectivity index (χ2v) is 7.79. The Hall–Kier alpha value is -2.12. The highest BCUT2D eigenvalue weighted by molar-refractivity contribution is 6.38. The molecule has 0 atom stereocenters. The third-order valence-electron chi connectivity index (χ3n) is 5.02. The van der Waals surface area contributed by atoms with Gasteiger partial charge in [-0.1, -0.05) is 23.2 Å². The van der Waals surface area contributed by atoms with E-state index in [-0.39, 0.29) is 35.2 Å². The Balaban J connectivity index is 1.46. The van der Waals surface area contributed by atoms with Crippen molar-refractivity contribution < 1.29 is 9.59 Å². The van der Waals surface area contributed by atoms with E-state index in [0.717, 1.165) is 12.8 Å². The molecule has 0 spiro atoms. The molecule has 9 heteroatoms. The summed E-state index contributed by atoms with van der Waals surface area (Å²) >= 11 is 12.1. The summed E-state index contributed by atoms with van der Waals surface area (Å²) < 4.78 is 1.26. The highest BCUT2D eigenvalue weighted by Crippen LogP contribution is 2.31. The Morgan fingerprint density at radius 3 is 2.41 bits per heavy atom. The van der Waals surface area contributed by atoms with E-state index in [1.807, 2.05) is 4.90 Å². The Bertz CT molecular complexity index is 978. The van der Waals surface area contributed by atoms with Crippen molar-refractivity contribution in [2.75, 3.05) is 26.2 Å². The van der Waals surface area contributed by atoms with Gasteiger partial charge in [-0.15, -0.1) is 0 Å². The number of hydrogen-bond donors (Lipinski definition) is 0. The van der Waals surface area contributed by atoms with Crippen molar-refractivity contribution in [1.29, 1.82) is 0 Å². The van der Waals surface area contributed by atoms with Crippen molar-refractivity contribution in [2.45, 2.75) is 19.4 Å². The minimum Gasteiger partial charge on any atom is -0.339 e. The molecule has 0 unspecified atom stereocenters. The molecule has 1 aromatic heterocycles. The van der Waals surface area contributed by atoms with Crippen LogP contribution in [-0.2, 0) is 16.1 Å². The van der Waals surface area contributed by atoms with Crippen molar-refractivity contribution in [3.05, 3.63) is 38.9 Å². The van der Waals surface area contributed by atoms with Gasteiger partial charge >= 0.3 is 0 Å². The molecule has 1 saturated heterocycles. The predicted octanol–water partition coefficient (Wildman–Crippen LogP) is 1.78. The Morgan fingerprint density at radius 2 is 1.74 bits per heavy atom. The first-order valence-electron chi connectivity index (χ1n) is 8.85. The number of carbonyl (C=O) groups excluding carboxylic acids is 2. The lowest BCUT2D eigenvalue weighted by molar-refractivity contribution is -0.140. The fourth-order valence-electron chi connectivity index (χ4n) is 3.32. The molecule has 2 heterocycles. The Kier molecular flexibility index (Phi) is 4.82. The van der Waals surface area contributed by atoms with Gasteiger partial charge in [-0.25, -0.2) is 4.98 Å². The van der Waals surface area contributed by atoms with E-state index in [4.69, 9.17) is 23.2 Å². The SMILES string of the molecule is O=C(Cn1cnc2c(Cl)cc(Cl)cc2c1=O)N1CCN(C(=O)C2CC2)CC1. The maximum absolute atomic E-state index is 12.7. The van der Waals surface area contributed by atoms with E-state index in [1.54, 1.807) is 4.90 Å². The molecule has 2 fully saturated rings. The number of halogens is 2. The van der Waals surface area contributed by atoms with Gasteiger partial charge in [0.1, 0.15) is 6.54 Å².